The second-order valence-electron chi connectivity index (χ2n) is 5.14. The van der Waals surface area contributed by atoms with Crippen LogP contribution in [0.4, 0.5) is 0 Å². The van der Waals surface area contributed by atoms with Crippen LogP contribution in [0.1, 0.15) is 22.8 Å². The predicted molar refractivity (Wildman–Crippen MR) is 69.5 cm³/mol. The Morgan fingerprint density at radius 1 is 1.35 bits per heavy atom. The van der Waals surface area contributed by atoms with E-state index in [9.17, 15) is 4.79 Å². The summed E-state index contributed by atoms with van der Waals surface area (Å²) in [6.07, 6.45) is 6.24. The first-order valence-electron chi connectivity index (χ1n) is 6.80. The standard InChI is InChI=1S/C13H15N5O2/c19-12(11-7-15-18-5-2-6-20-13(11)18)16-8-10(9-16)17-4-1-3-14-17/h1,3-4,7,10H,2,5-6,8-9H2. The maximum absolute atomic E-state index is 12.4. The largest absolute Gasteiger partial charge is 0.477 e. The molecule has 4 rings (SSSR count). The van der Waals surface area contributed by atoms with Crippen LogP contribution in [0, 0.1) is 0 Å². The Labute approximate surface area is 115 Å². The molecule has 0 radical (unpaired) electrons. The monoisotopic (exact) mass is 273 g/mol. The molecule has 20 heavy (non-hydrogen) atoms. The van der Waals surface area contributed by atoms with Crippen molar-refractivity contribution in [3.05, 3.63) is 30.2 Å². The van der Waals surface area contributed by atoms with E-state index in [1.54, 1.807) is 17.1 Å². The Bertz CT molecular complexity index is 627. The lowest BCUT2D eigenvalue weighted by atomic mass is 10.1. The van der Waals surface area contributed by atoms with Gasteiger partial charge in [-0.3, -0.25) is 9.48 Å². The average Bonchev–Trinajstić information content (AvgIpc) is 3.05. The highest BCUT2D eigenvalue weighted by molar-refractivity contribution is 5.96. The number of rotatable bonds is 2. The SMILES string of the molecule is O=C(c1cnn2c1OCCC2)N1CC(n2cccn2)C1. The minimum Gasteiger partial charge on any atom is -0.477 e. The summed E-state index contributed by atoms with van der Waals surface area (Å²) in [6.45, 7) is 2.84. The number of hydrogen-bond donors (Lipinski definition) is 0. The van der Waals surface area contributed by atoms with Crippen molar-refractivity contribution >= 4 is 5.91 Å². The van der Waals surface area contributed by atoms with E-state index in [2.05, 4.69) is 10.2 Å². The Morgan fingerprint density at radius 3 is 3.05 bits per heavy atom. The van der Waals surface area contributed by atoms with E-state index < -0.39 is 0 Å². The number of aromatic nitrogens is 4. The number of amides is 1. The van der Waals surface area contributed by atoms with E-state index in [-0.39, 0.29) is 11.9 Å². The number of aryl methyl sites for hydroxylation is 1. The first kappa shape index (κ1) is 11.5. The quantitative estimate of drug-likeness (QED) is 0.802. The number of carbonyl (C=O) groups excluding carboxylic acids is 1. The minimum absolute atomic E-state index is 0.00319. The summed E-state index contributed by atoms with van der Waals surface area (Å²) < 4.78 is 9.23. The highest BCUT2D eigenvalue weighted by Gasteiger charge is 2.35. The van der Waals surface area contributed by atoms with Crippen molar-refractivity contribution in [3.63, 3.8) is 0 Å². The molecule has 2 aliphatic heterocycles. The van der Waals surface area contributed by atoms with Gasteiger partial charge in [-0.05, 0) is 6.07 Å². The fourth-order valence-corrected chi connectivity index (χ4v) is 2.67. The third-order valence-corrected chi connectivity index (χ3v) is 3.82. The van der Waals surface area contributed by atoms with Gasteiger partial charge in [0.05, 0.1) is 18.8 Å². The van der Waals surface area contributed by atoms with Gasteiger partial charge in [-0.15, -0.1) is 0 Å². The van der Waals surface area contributed by atoms with Crippen LogP contribution in [0.15, 0.2) is 24.7 Å². The van der Waals surface area contributed by atoms with Crippen molar-refractivity contribution in [3.8, 4) is 5.88 Å². The molecule has 0 aliphatic carbocycles. The number of fused-ring (bicyclic) bond motifs is 1. The molecule has 0 bridgehead atoms. The zero-order valence-electron chi connectivity index (χ0n) is 11.0. The first-order chi connectivity index (χ1) is 9.83. The summed E-state index contributed by atoms with van der Waals surface area (Å²) in [4.78, 5) is 14.2. The molecule has 1 saturated heterocycles. The molecule has 4 heterocycles. The van der Waals surface area contributed by atoms with Crippen molar-refractivity contribution in [2.45, 2.75) is 19.0 Å². The molecule has 0 atom stereocenters. The van der Waals surface area contributed by atoms with Gasteiger partial charge in [-0.2, -0.15) is 10.2 Å². The smallest absolute Gasteiger partial charge is 0.261 e. The summed E-state index contributed by atoms with van der Waals surface area (Å²) in [5.74, 6) is 0.611. The summed E-state index contributed by atoms with van der Waals surface area (Å²) in [5, 5.41) is 8.42. The molecule has 7 heteroatoms. The van der Waals surface area contributed by atoms with Crippen LogP contribution in [0.2, 0.25) is 0 Å². The third-order valence-electron chi connectivity index (χ3n) is 3.82. The molecule has 1 fully saturated rings. The van der Waals surface area contributed by atoms with Gasteiger partial charge in [0.15, 0.2) is 0 Å². The van der Waals surface area contributed by atoms with E-state index in [1.165, 1.54) is 0 Å². The molecule has 2 aromatic heterocycles. The van der Waals surface area contributed by atoms with Gasteiger partial charge < -0.3 is 9.64 Å². The van der Waals surface area contributed by atoms with E-state index in [0.29, 0.717) is 31.1 Å². The zero-order chi connectivity index (χ0) is 13.5. The molecule has 1 amide bonds. The van der Waals surface area contributed by atoms with Crippen LogP contribution in [-0.4, -0.2) is 50.1 Å². The van der Waals surface area contributed by atoms with Crippen LogP contribution in [0.3, 0.4) is 0 Å². The normalized spacial score (nSPS) is 18.3. The second-order valence-corrected chi connectivity index (χ2v) is 5.14. The molecule has 104 valence electrons. The van der Waals surface area contributed by atoms with Gasteiger partial charge >= 0.3 is 0 Å². The maximum Gasteiger partial charge on any atom is 0.261 e. The second kappa shape index (κ2) is 4.36. The maximum atomic E-state index is 12.4. The van der Waals surface area contributed by atoms with Crippen LogP contribution in [0.5, 0.6) is 5.88 Å². The minimum atomic E-state index is -0.00319. The fourth-order valence-electron chi connectivity index (χ4n) is 2.67. The number of carbonyl (C=O) groups is 1. The average molecular weight is 273 g/mol. The van der Waals surface area contributed by atoms with E-state index in [0.717, 1.165) is 13.0 Å². The Balaban J connectivity index is 1.48. The Hall–Kier alpha value is -2.31. The van der Waals surface area contributed by atoms with Gasteiger partial charge in [-0.1, -0.05) is 0 Å². The number of hydrogen-bond acceptors (Lipinski definition) is 4. The fraction of sp³-hybridized carbons (Fsp3) is 0.462. The van der Waals surface area contributed by atoms with Crippen LogP contribution in [-0.2, 0) is 6.54 Å². The summed E-state index contributed by atoms with van der Waals surface area (Å²) in [7, 11) is 0. The predicted octanol–water partition coefficient (Wildman–Crippen LogP) is 0.559. The lowest BCUT2D eigenvalue weighted by Gasteiger charge is -2.39. The topological polar surface area (TPSA) is 65.2 Å². The molecule has 0 N–H and O–H groups in total. The van der Waals surface area contributed by atoms with Crippen molar-refractivity contribution in [2.24, 2.45) is 0 Å². The molecule has 0 spiro atoms. The molecule has 2 aromatic rings. The third kappa shape index (κ3) is 1.70. The number of likely N-dealkylation sites (tertiary alicyclic amines) is 1. The highest BCUT2D eigenvalue weighted by Crippen LogP contribution is 2.28. The molecule has 2 aliphatic rings. The number of nitrogens with zero attached hydrogens (tertiary/aromatic N) is 5. The molecule has 0 aromatic carbocycles. The van der Waals surface area contributed by atoms with Crippen molar-refractivity contribution in [2.75, 3.05) is 19.7 Å². The highest BCUT2D eigenvalue weighted by atomic mass is 16.5. The van der Waals surface area contributed by atoms with Gasteiger partial charge in [0.2, 0.25) is 5.88 Å². The summed E-state index contributed by atoms with van der Waals surface area (Å²) >= 11 is 0. The summed E-state index contributed by atoms with van der Waals surface area (Å²) in [5.41, 5.74) is 0.573. The van der Waals surface area contributed by atoms with Gasteiger partial charge in [0.1, 0.15) is 5.56 Å². The van der Waals surface area contributed by atoms with Gasteiger partial charge in [0, 0.05) is 38.4 Å². The number of ether oxygens (including phenoxy) is 1. The first-order valence-corrected chi connectivity index (χ1v) is 6.80. The van der Waals surface area contributed by atoms with E-state index in [1.807, 2.05) is 21.8 Å². The van der Waals surface area contributed by atoms with Crippen molar-refractivity contribution in [1.82, 2.24) is 24.5 Å². The van der Waals surface area contributed by atoms with Crippen LogP contribution in [0.25, 0.3) is 0 Å². The van der Waals surface area contributed by atoms with Gasteiger partial charge in [0.25, 0.3) is 5.91 Å². The molecular weight excluding hydrogens is 258 g/mol. The van der Waals surface area contributed by atoms with Gasteiger partial charge in [-0.25, -0.2) is 4.68 Å². The molecule has 0 unspecified atom stereocenters. The zero-order valence-corrected chi connectivity index (χ0v) is 11.0. The van der Waals surface area contributed by atoms with E-state index in [4.69, 9.17) is 4.74 Å². The van der Waals surface area contributed by atoms with Crippen LogP contribution >= 0.6 is 0 Å². The molecular formula is C13H15N5O2. The van der Waals surface area contributed by atoms with E-state index >= 15 is 0 Å². The Morgan fingerprint density at radius 2 is 2.25 bits per heavy atom. The van der Waals surface area contributed by atoms with Crippen molar-refractivity contribution in [1.29, 1.82) is 0 Å². The summed E-state index contributed by atoms with van der Waals surface area (Å²) in [6, 6.07) is 2.17. The molecule has 7 nitrogen and oxygen atoms in total. The lowest BCUT2D eigenvalue weighted by Crippen LogP contribution is -2.50. The molecule has 0 saturated carbocycles. The van der Waals surface area contributed by atoms with Crippen molar-refractivity contribution < 1.29 is 9.53 Å². The van der Waals surface area contributed by atoms with Crippen LogP contribution < -0.4 is 4.74 Å². The Kier molecular flexibility index (Phi) is 2.51. The lowest BCUT2D eigenvalue weighted by molar-refractivity contribution is 0.0495.